The van der Waals surface area contributed by atoms with Crippen LogP contribution in [-0.4, -0.2) is 24.2 Å². The molecule has 0 saturated heterocycles. The van der Waals surface area contributed by atoms with E-state index in [1.54, 1.807) is 0 Å². The second-order valence-electron chi connectivity index (χ2n) is 7.11. The lowest BCUT2D eigenvalue weighted by molar-refractivity contribution is -0.183. The largest absolute Gasteiger partial charge is 0.391 e. The summed E-state index contributed by atoms with van der Waals surface area (Å²) < 4.78 is 38.5. The first-order valence-electron chi connectivity index (χ1n) is 9.21. The van der Waals surface area contributed by atoms with Crippen LogP contribution < -0.4 is 16.2 Å². The Hall–Kier alpha value is -2.77. The molecule has 0 radical (unpaired) electrons. The predicted octanol–water partition coefficient (Wildman–Crippen LogP) is 3.83. The number of urea groups is 1. The molecule has 3 N–H and O–H groups in total. The van der Waals surface area contributed by atoms with Crippen molar-refractivity contribution in [1.29, 1.82) is 0 Å². The molecule has 150 valence electrons. The molecule has 3 rings (SSSR count). The second-order valence-corrected chi connectivity index (χ2v) is 7.11. The lowest BCUT2D eigenvalue weighted by Gasteiger charge is -2.30. The van der Waals surface area contributed by atoms with E-state index in [-0.39, 0.29) is 19.3 Å². The van der Waals surface area contributed by atoms with E-state index < -0.39 is 30.1 Å². The zero-order valence-corrected chi connectivity index (χ0v) is 15.2. The topological polar surface area (TPSA) is 70.2 Å². The summed E-state index contributed by atoms with van der Waals surface area (Å²) in [6.07, 6.45) is -3.32. The van der Waals surface area contributed by atoms with Crippen LogP contribution in [-0.2, 0) is 11.2 Å². The average Bonchev–Trinajstić information content (AvgIpc) is 2.66. The van der Waals surface area contributed by atoms with Gasteiger partial charge >= 0.3 is 12.2 Å². The quantitative estimate of drug-likeness (QED) is 0.694. The van der Waals surface area contributed by atoms with Gasteiger partial charge in [0.25, 0.3) is 0 Å². The Kier molecular flexibility index (Phi) is 6.06. The van der Waals surface area contributed by atoms with Crippen molar-refractivity contribution < 1.29 is 22.8 Å². The van der Waals surface area contributed by atoms with Gasteiger partial charge in [0.15, 0.2) is 0 Å². The monoisotopic (exact) mass is 393 g/mol. The van der Waals surface area contributed by atoms with Crippen LogP contribution in [0.1, 0.15) is 31.2 Å². The molecule has 0 heterocycles. The third kappa shape index (κ3) is 5.37. The van der Waals surface area contributed by atoms with Gasteiger partial charge in [-0.3, -0.25) is 10.2 Å². The standard InChI is InChI=1S/C20H22F3N3O2/c21-20(22,23)16-6-3-7-17(12-16)24-19(28)26-25-18(27)11-13-8-9-14-4-1-2-5-15(14)10-13/h1-2,4-5,8-10,16-17H,3,6-7,11-12H2,(H,25,27)(H2,24,26,28)/t16-,17-/m0/s1. The van der Waals surface area contributed by atoms with Crippen LogP contribution in [0.2, 0.25) is 0 Å². The van der Waals surface area contributed by atoms with Gasteiger partial charge in [0.1, 0.15) is 0 Å². The van der Waals surface area contributed by atoms with Crippen LogP contribution in [0.4, 0.5) is 18.0 Å². The lowest BCUT2D eigenvalue weighted by Crippen LogP contribution is -2.51. The number of carbonyl (C=O) groups is 2. The van der Waals surface area contributed by atoms with Crippen LogP contribution in [0.15, 0.2) is 42.5 Å². The summed E-state index contributed by atoms with van der Waals surface area (Å²) in [5, 5.41) is 4.57. The van der Waals surface area contributed by atoms with Gasteiger partial charge in [-0.2, -0.15) is 13.2 Å². The number of hydrogen-bond acceptors (Lipinski definition) is 2. The number of hydrazine groups is 1. The molecule has 1 saturated carbocycles. The Labute approximate surface area is 160 Å². The Morgan fingerprint density at radius 2 is 1.75 bits per heavy atom. The third-order valence-corrected chi connectivity index (χ3v) is 4.97. The highest BCUT2D eigenvalue weighted by Gasteiger charge is 2.42. The summed E-state index contributed by atoms with van der Waals surface area (Å²) in [5.74, 6) is -1.81. The molecule has 1 aliphatic carbocycles. The van der Waals surface area contributed by atoms with Crippen molar-refractivity contribution in [3.63, 3.8) is 0 Å². The molecule has 0 spiro atoms. The number of alkyl halides is 3. The fourth-order valence-corrected chi connectivity index (χ4v) is 3.54. The Bertz CT molecular complexity index is 854. The van der Waals surface area contributed by atoms with Gasteiger partial charge < -0.3 is 5.32 Å². The average molecular weight is 393 g/mol. The molecule has 0 bridgehead atoms. The molecule has 0 unspecified atom stereocenters. The van der Waals surface area contributed by atoms with Crippen molar-refractivity contribution in [2.75, 3.05) is 0 Å². The molecule has 2 atom stereocenters. The maximum atomic E-state index is 12.8. The predicted molar refractivity (Wildman–Crippen MR) is 99.3 cm³/mol. The van der Waals surface area contributed by atoms with E-state index in [9.17, 15) is 22.8 Å². The number of hydrogen-bond donors (Lipinski definition) is 3. The third-order valence-electron chi connectivity index (χ3n) is 4.97. The van der Waals surface area contributed by atoms with Crippen LogP contribution in [0.5, 0.6) is 0 Å². The van der Waals surface area contributed by atoms with Crippen LogP contribution in [0.3, 0.4) is 0 Å². The van der Waals surface area contributed by atoms with Gasteiger partial charge in [-0.15, -0.1) is 0 Å². The smallest absolute Gasteiger partial charge is 0.334 e. The number of carbonyl (C=O) groups excluding carboxylic acids is 2. The molecule has 2 aromatic carbocycles. The van der Waals surface area contributed by atoms with Gasteiger partial charge in [-0.25, -0.2) is 10.2 Å². The molecule has 0 aromatic heterocycles. The van der Waals surface area contributed by atoms with Gasteiger partial charge in [-0.1, -0.05) is 48.9 Å². The van der Waals surface area contributed by atoms with E-state index in [0.717, 1.165) is 16.3 Å². The second kappa shape index (κ2) is 8.50. The summed E-state index contributed by atoms with van der Waals surface area (Å²) in [6.45, 7) is 0. The van der Waals surface area contributed by atoms with Crippen molar-refractivity contribution in [3.05, 3.63) is 48.0 Å². The van der Waals surface area contributed by atoms with Gasteiger partial charge in [0.2, 0.25) is 5.91 Å². The number of fused-ring (bicyclic) bond motifs is 1. The van der Waals surface area contributed by atoms with Crippen LogP contribution in [0, 0.1) is 5.92 Å². The summed E-state index contributed by atoms with van der Waals surface area (Å²) in [6, 6.07) is 12.1. The number of benzene rings is 2. The van der Waals surface area contributed by atoms with E-state index in [0.29, 0.717) is 12.8 Å². The first-order valence-corrected chi connectivity index (χ1v) is 9.21. The highest BCUT2D eigenvalue weighted by molar-refractivity contribution is 5.86. The zero-order chi connectivity index (χ0) is 20.1. The van der Waals surface area contributed by atoms with E-state index in [2.05, 4.69) is 16.2 Å². The molecule has 8 heteroatoms. The first kappa shape index (κ1) is 20.0. The molecule has 3 amide bonds. The number of amides is 3. The normalized spacial score (nSPS) is 19.8. The molecule has 5 nitrogen and oxygen atoms in total. The Morgan fingerprint density at radius 3 is 2.50 bits per heavy atom. The van der Waals surface area contributed by atoms with E-state index in [1.807, 2.05) is 42.5 Å². The summed E-state index contributed by atoms with van der Waals surface area (Å²) >= 11 is 0. The maximum absolute atomic E-state index is 12.8. The van der Waals surface area contributed by atoms with Crippen molar-refractivity contribution in [1.82, 2.24) is 16.2 Å². The maximum Gasteiger partial charge on any atom is 0.391 e. The fourth-order valence-electron chi connectivity index (χ4n) is 3.54. The van der Waals surface area contributed by atoms with Gasteiger partial charge in [-0.05, 0) is 35.6 Å². The van der Waals surface area contributed by atoms with Gasteiger partial charge in [0.05, 0.1) is 12.3 Å². The number of rotatable bonds is 3. The minimum Gasteiger partial charge on any atom is -0.334 e. The highest BCUT2D eigenvalue weighted by atomic mass is 19.4. The fraction of sp³-hybridized carbons (Fsp3) is 0.400. The molecule has 2 aromatic rings. The van der Waals surface area contributed by atoms with E-state index in [4.69, 9.17) is 0 Å². The SMILES string of the molecule is O=C(Cc1ccc2ccccc2c1)NNC(=O)N[C@H]1CCC[C@H](C(F)(F)F)C1. The first-order chi connectivity index (χ1) is 13.3. The number of halogens is 3. The summed E-state index contributed by atoms with van der Waals surface area (Å²) in [4.78, 5) is 23.9. The van der Waals surface area contributed by atoms with Crippen molar-refractivity contribution in [2.24, 2.45) is 5.92 Å². The zero-order valence-electron chi connectivity index (χ0n) is 15.2. The van der Waals surface area contributed by atoms with Crippen molar-refractivity contribution in [2.45, 2.75) is 44.3 Å². The minimum atomic E-state index is -4.25. The summed E-state index contributed by atoms with van der Waals surface area (Å²) in [5.41, 5.74) is 5.29. The number of nitrogens with one attached hydrogen (secondary N) is 3. The van der Waals surface area contributed by atoms with Crippen LogP contribution >= 0.6 is 0 Å². The van der Waals surface area contributed by atoms with Crippen LogP contribution in [0.25, 0.3) is 10.8 Å². The molecular weight excluding hydrogens is 371 g/mol. The molecule has 0 aliphatic heterocycles. The Balaban J connectivity index is 1.45. The molecular formula is C20H22F3N3O2. The van der Waals surface area contributed by atoms with Crippen molar-refractivity contribution >= 4 is 22.7 Å². The lowest BCUT2D eigenvalue weighted by atomic mass is 9.85. The molecule has 28 heavy (non-hydrogen) atoms. The molecule has 1 aliphatic rings. The van der Waals surface area contributed by atoms with E-state index >= 15 is 0 Å². The highest BCUT2D eigenvalue weighted by Crippen LogP contribution is 2.37. The summed E-state index contributed by atoms with van der Waals surface area (Å²) in [7, 11) is 0. The van der Waals surface area contributed by atoms with Crippen molar-refractivity contribution in [3.8, 4) is 0 Å². The Morgan fingerprint density at radius 1 is 1.00 bits per heavy atom. The van der Waals surface area contributed by atoms with Gasteiger partial charge in [0, 0.05) is 6.04 Å². The minimum absolute atomic E-state index is 0.0741. The van der Waals surface area contributed by atoms with E-state index in [1.165, 1.54) is 0 Å². The molecule has 1 fully saturated rings.